The molecule has 0 saturated heterocycles. The van der Waals surface area contributed by atoms with Crippen LogP contribution in [0.15, 0.2) is 16.2 Å². The van der Waals surface area contributed by atoms with Crippen molar-refractivity contribution in [2.24, 2.45) is 15.9 Å². The summed E-state index contributed by atoms with van der Waals surface area (Å²) in [5, 5.41) is 0. The fraction of sp³-hybridized carbons (Fsp3) is 0.727. The lowest BCUT2D eigenvalue weighted by Crippen LogP contribution is -2.21. The van der Waals surface area contributed by atoms with Crippen LogP contribution in [-0.4, -0.2) is 18.1 Å². The van der Waals surface area contributed by atoms with Crippen molar-refractivity contribution in [2.75, 3.05) is 0 Å². The van der Waals surface area contributed by atoms with Gasteiger partial charge in [0.2, 0.25) is 0 Å². The third-order valence-electron chi connectivity index (χ3n) is 2.93. The van der Waals surface area contributed by atoms with E-state index in [2.05, 4.69) is 22.1 Å². The molecule has 0 aromatic rings. The Bertz CT molecular complexity index is 249. The minimum absolute atomic E-state index is 0.461. The fourth-order valence-electron chi connectivity index (χ4n) is 2.14. The highest BCUT2D eigenvalue weighted by molar-refractivity contribution is 5.67. The van der Waals surface area contributed by atoms with E-state index in [-0.39, 0.29) is 0 Å². The van der Waals surface area contributed by atoms with Gasteiger partial charge in [-0.25, -0.2) is 4.99 Å². The van der Waals surface area contributed by atoms with Crippen molar-refractivity contribution in [1.82, 2.24) is 0 Å². The van der Waals surface area contributed by atoms with E-state index in [1.54, 1.807) is 6.20 Å². The van der Waals surface area contributed by atoms with Gasteiger partial charge in [-0.3, -0.25) is 4.99 Å². The minimum atomic E-state index is 0.461. The molecule has 70 valence electrons. The van der Waals surface area contributed by atoms with Crippen molar-refractivity contribution in [3.05, 3.63) is 6.20 Å². The molecule has 0 aromatic heterocycles. The second-order valence-electron chi connectivity index (χ2n) is 3.91. The summed E-state index contributed by atoms with van der Waals surface area (Å²) in [5.74, 6) is 3.47. The van der Waals surface area contributed by atoms with E-state index in [4.69, 9.17) is 0 Å². The summed E-state index contributed by atoms with van der Waals surface area (Å²) in [7, 11) is 0. The molecule has 1 aliphatic carbocycles. The standard InChI is InChI=1S/C11H16N2/c1-2-4-6-11-10(5-3-1)9-12-7-8-13-11/h7,9-11H,1-6H2. The van der Waals surface area contributed by atoms with Crippen LogP contribution in [0.25, 0.3) is 0 Å². The number of hydrogen-bond acceptors (Lipinski definition) is 2. The van der Waals surface area contributed by atoms with Crippen LogP contribution in [0.1, 0.15) is 38.5 Å². The lowest BCUT2D eigenvalue weighted by molar-refractivity contribution is 0.408. The molecule has 0 radical (unpaired) electrons. The van der Waals surface area contributed by atoms with Crippen molar-refractivity contribution >= 4 is 12.1 Å². The zero-order valence-corrected chi connectivity index (χ0v) is 7.95. The molecule has 1 aliphatic heterocycles. The first kappa shape index (κ1) is 8.71. The first-order valence-corrected chi connectivity index (χ1v) is 5.27. The predicted molar refractivity (Wildman–Crippen MR) is 55.5 cm³/mol. The van der Waals surface area contributed by atoms with Crippen LogP contribution in [0, 0.1) is 5.92 Å². The molecule has 2 nitrogen and oxygen atoms in total. The number of hydrogen-bond donors (Lipinski definition) is 0. The van der Waals surface area contributed by atoms with Gasteiger partial charge in [-0.15, -0.1) is 0 Å². The van der Waals surface area contributed by atoms with E-state index in [9.17, 15) is 0 Å². The lowest BCUT2D eigenvalue weighted by atomic mass is 9.88. The molecule has 1 fully saturated rings. The van der Waals surface area contributed by atoms with Crippen LogP contribution in [0.4, 0.5) is 0 Å². The molecule has 0 spiro atoms. The van der Waals surface area contributed by atoms with Crippen LogP contribution in [-0.2, 0) is 0 Å². The van der Waals surface area contributed by atoms with E-state index >= 15 is 0 Å². The van der Waals surface area contributed by atoms with Crippen LogP contribution >= 0.6 is 0 Å². The molecule has 2 rings (SSSR count). The number of nitrogens with zero attached hydrogens (tertiary/aromatic N) is 2. The number of aliphatic imine (C=N–C) groups is 2. The Morgan fingerprint density at radius 3 is 2.85 bits per heavy atom. The quantitative estimate of drug-likeness (QED) is 0.542. The number of fused-ring (bicyclic) bond motifs is 1. The zero-order chi connectivity index (χ0) is 8.93. The average Bonchev–Trinajstić information content (AvgIpc) is 2.30. The smallest absolute Gasteiger partial charge is 0.0873 e. The summed E-state index contributed by atoms with van der Waals surface area (Å²) in [4.78, 5) is 8.59. The van der Waals surface area contributed by atoms with Gasteiger partial charge in [-0.05, 0) is 12.8 Å². The second-order valence-corrected chi connectivity index (χ2v) is 3.91. The monoisotopic (exact) mass is 176 g/mol. The van der Waals surface area contributed by atoms with E-state index in [0.717, 1.165) is 0 Å². The fourth-order valence-corrected chi connectivity index (χ4v) is 2.14. The van der Waals surface area contributed by atoms with E-state index in [0.29, 0.717) is 12.0 Å². The maximum Gasteiger partial charge on any atom is 0.0873 e. The summed E-state index contributed by atoms with van der Waals surface area (Å²) in [5.41, 5.74) is 0. The molecule has 0 bridgehead atoms. The van der Waals surface area contributed by atoms with Crippen molar-refractivity contribution in [1.29, 1.82) is 0 Å². The van der Waals surface area contributed by atoms with Gasteiger partial charge in [-0.1, -0.05) is 25.7 Å². The van der Waals surface area contributed by atoms with Gasteiger partial charge in [0.15, 0.2) is 0 Å². The van der Waals surface area contributed by atoms with Gasteiger partial charge >= 0.3 is 0 Å². The molecule has 2 atom stereocenters. The van der Waals surface area contributed by atoms with Crippen LogP contribution in [0.5, 0.6) is 0 Å². The molecule has 2 heteroatoms. The summed E-state index contributed by atoms with van der Waals surface area (Å²) in [6, 6.07) is 0.461. The molecule has 1 heterocycles. The second kappa shape index (κ2) is 4.38. The van der Waals surface area contributed by atoms with Gasteiger partial charge < -0.3 is 0 Å². The van der Waals surface area contributed by atoms with Crippen molar-refractivity contribution < 1.29 is 0 Å². The van der Waals surface area contributed by atoms with Crippen LogP contribution in [0.3, 0.4) is 0 Å². The highest BCUT2D eigenvalue weighted by Crippen LogP contribution is 2.24. The Labute approximate surface area is 79.5 Å². The maximum atomic E-state index is 4.42. The van der Waals surface area contributed by atoms with Gasteiger partial charge in [0.05, 0.1) is 12.2 Å². The van der Waals surface area contributed by atoms with Gasteiger partial charge in [-0.2, -0.15) is 0 Å². The summed E-state index contributed by atoms with van der Waals surface area (Å²) in [6.07, 6.45) is 11.6. The SMILES string of the molecule is C1=CN=CC2CCCCCCC2N=1. The predicted octanol–water partition coefficient (Wildman–Crippen LogP) is 2.59. The number of rotatable bonds is 0. The Hall–Kier alpha value is -0.880. The van der Waals surface area contributed by atoms with Gasteiger partial charge in [0, 0.05) is 18.0 Å². The highest BCUT2D eigenvalue weighted by atomic mass is 14.8. The Balaban J connectivity index is 2.09. The average molecular weight is 176 g/mol. The molecule has 2 unspecified atom stereocenters. The highest BCUT2D eigenvalue weighted by Gasteiger charge is 2.20. The van der Waals surface area contributed by atoms with Crippen molar-refractivity contribution in [3.8, 4) is 0 Å². The first-order chi connectivity index (χ1) is 6.47. The molecular formula is C11H16N2. The molecule has 0 aromatic carbocycles. The first-order valence-electron chi connectivity index (χ1n) is 5.27. The molecular weight excluding hydrogens is 160 g/mol. The van der Waals surface area contributed by atoms with E-state index in [1.807, 2.05) is 0 Å². The molecule has 1 saturated carbocycles. The lowest BCUT2D eigenvalue weighted by Gasteiger charge is -2.21. The Morgan fingerprint density at radius 1 is 1.08 bits per heavy atom. The normalized spacial score (nSPS) is 33.2. The Morgan fingerprint density at radius 2 is 1.92 bits per heavy atom. The van der Waals surface area contributed by atoms with Gasteiger partial charge in [0.1, 0.15) is 0 Å². The van der Waals surface area contributed by atoms with E-state index < -0.39 is 0 Å². The van der Waals surface area contributed by atoms with Crippen LogP contribution in [0.2, 0.25) is 0 Å². The van der Waals surface area contributed by atoms with Crippen molar-refractivity contribution in [3.63, 3.8) is 0 Å². The Kier molecular flexibility index (Phi) is 2.94. The molecule has 2 aliphatic rings. The van der Waals surface area contributed by atoms with E-state index in [1.165, 1.54) is 38.5 Å². The topological polar surface area (TPSA) is 24.7 Å². The zero-order valence-electron chi connectivity index (χ0n) is 7.95. The van der Waals surface area contributed by atoms with Gasteiger partial charge in [0.25, 0.3) is 0 Å². The molecule has 0 amide bonds. The van der Waals surface area contributed by atoms with Crippen LogP contribution < -0.4 is 0 Å². The summed E-state index contributed by atoms with van der Waals surface area (Å²) >= 11 is 0. The third kappa shape index (κ3) is 2.28. The maximum absolute atomic E-state index is 4.42. The van der Waals surface area contributed by atoms with Crippen molar-refractivity contribution in [2.45, 2.75) is 44.6 Å². The largest absolute Gasteiger partial charge is 0.259 e. The molecule has 0 N–H and O–H groups in total. The minimum Gasteiger partial charge on any atom is -0.259 e. The summed E-state index contributed by atoms with van der Waals surface area (Å²) in [6.45, 7) is 0. The third-order valence-corrected chi connectivity index (χ3v) is 2.93. The molecule has 13 heavy (non-hydrogen) atoms. The summed E-state index contributed by atoms with van der Waals surface area (Å²) < 4.78 is 0.